The fraction of sp³-hybridized carbons (Fsp3) is 0.852. The molecule has 0 aromatic carbocycles. The van der Waals surface area contributed by atoms with Crippen LogP contribution in [0.5, 0.6) is 0 Å². The Balaban J connectivity index is 0.776. The monoisotopic (exact) mass is 897 g/mol. The first-order valence-electron chi connectivity index (χ1n) is 25.9. The molecule has 22 atom stereocenters. The van der Waals surface area contributed by atoms with Crippen molar-refractivity contribution in [1.29, 1.82) is 0 Å². The Labute approximate surface area is 385 Å². The van der Waals surface area contributed by atoms with Gasteiger partial charge in [0.05, 0.1) is 65.0 Å². The largest absolute Gasteiger partial charge is 0.392 e. The van der Waals surface area contributed by atoms with Crippen LogP contribution in [-0.4, -0.2) is 101 Å². The summed E-state index contributed by atoms with van der Waals surface area (Å²) in [6, 6.07) is 0. The fourth-order valence-electron chi connectivity index (χ4n) is 19.1. The molecule has 5 heterocycles. The predicted molar refractivity (Wildman–Crippen MR) is 240 cm³/mol. The summed E-state index contributed by atoms with van der Waals surface area (Å²) >= 11 is 0. The topological polar surface area (TPSA) is 164 Å². The zero-order valence-corrected chi connectivity index (χ0v) is 40.4. The molecule has 1 aromatic rings. The van der Waals surface area contributed by atoms with Crippen molar-refractivity contribution in [3.8, 4) is 0 Å². The van der Waals surface area contributed by atoms with Gasteiger partial charge in [-0.15, -0.1) is 0 Å². The number of hydrogen-bond acceptors (Lipinski definition) is 11. The summed E-state index contributed by atoms with van der Waals surface area (Å²) in [4.78, 5) is 11.2. The second kappa shape index (κ2) is 12.9. The van der Waals surface area contributed by atoms with E-state index in [-0.39, 0.29) is 64.1 Å². The first kappa shape index (κ1) is 43.2. The van der Waals surface area contributed by atoms with Gasteiger partial charge in [0.2, 0.25) is 0 Å². The molecule has 0 bridgehead atoms. The van der Waals surface area contributed by atoms with Crippen LogP contribution in [-0.2, 0) is 44.6 Å². The molecule has 4 saturated heterocycles. The number of ether oxygens (including phenoxy) is 4. The number of aliphatic hydroxyl groups excluding tert-OH is 3. The van der Waals surface area contributed by atoms with Gasteiger partial charge in [-0.05, 0) is 132 Å². The van der Waals surface area contributed by atoms with Crippen LogP contribution in [0.25, 0.3) is 0 Å². The predicted octanol–water partition coefficient (Wildman–Crippen LogP) is 6.32. The van der Waals surface area contributed by atoms with Crippen LogP contribution >= 0.6 is 0 Å². The summed E-state index contributed by atoms with van der Waals surface area (Å²) in [5, 5.41) is 60.8. The van der Waals surface area contributed by atoms with E-state index in [1.165, 1.54) is 5.57 Å². The molecule has 2 spiro atoms. The van der Waals surface area contributed by atoms with E-state index in [9.17, 15) is 25.5 Å². The highest BCUT2D eigenvalue weighted by atomic mass is 16.7. The number of rotatable bonds is 0. The van der Waals surface area contributed by atoms with Gasteiger partial charge in [0.1, 0.15) is 11.7 Å². The Morgan fingerprint density at radius 1 is 0.677 bits per heavy atom. The zero-order valence-electron chi connectivity index (χ0n) is 40.4. The summed E-state index contributed by atoms with van der Waals surface area (Å²) in [5.74, 6) is -0.453. The Hall–Kier alpha value is -1.80. The molecule has 5 N–H and O–H groups in total. The van der Waals surface area contributed by atoms with Gasteiger partial charge in [0, 0.05) is 47.3 Å². The first-order chi connectivity index (χ1) is 30.4. The molecule has 12 aliphatic rings. The molecule has 8 aliphatic carbocycles. The van der Waals surface area contributed by atoms with Crippen molar-refractivity contribution < 1.29 is 44.5 Å². The number of hydrogen-bond donors (Lipinski definition) is 5. The van der Waals surface area contributed by atoms with Crippen LogP contribution in [0.3, 0.4) is 0 Å². The summed E-state index contributed by atoms with van der Waals surface area (Å²) in [5.41, 5.74) is 2.70. The minimum Gasteiger partial charge on any atom is -0.392 e. The molecule has 13 rings (SSSR count). The highest BCUT2D eigenvalue weighted by molar-refractivity contribution is 5.44. The van der Waals surface area contributed by atoms with Gasteiger partial charge >= 0.3 is 0 Å². The molecule has 0 unspecified atom stereocenters. The molecule has 4 saturated carbocycles. The average molecular weight is 897 g/mol. The maximum atomic E-state index is 12.9. The van der Waals surface area contributed by atoms with Gasteiger partial charge in [-0.2, -0.15) is 0 Å². The molecule has 0 amide bonds. The summed E-state index contributed by atoms with van der Waals surface area (Å²) in [6.45, 7) is 19.8. The fourth-order valence-corrected chi connectivity index (χ4v) is 19.1. The third-order valence-corrected chi connectivity index (χ3v) is 23.1. The SMILES string of the molecule is C[C@H]1[C@H]2[C@H](C=C3[C@H]4CC[C@@H]5Cc6nc7c(nc6C[C@]5(C)[C@H]4C[C@@H](O)[C@@]32C)C[C@H]2C[C@H](O)[C@@H]3C4=C[C@@H]5O[C@@]6(CC[C@](C)(O)CO6)[C@H](C)[C@@]5(O)[C@]4(C)[C@H](O)C[C@H]3[C@]2(C)C7)O[C@]12CCC(C)(C)O2. The van der Waals surface area contributed by atoms with Crippen LogP contribution < -0.4 is 0 Å². The van der Waals surface area contributed by atoms with Crippen molar-refractivity contribution in [1.82, 2.24) is 9.97 Å². The number of aromatic nitrogens is 2. The Morgan fingerprint density at radius 2 is 1.34 bits per heavy atom. The molecule has 65 heavy (non-hydrogen) atoms. The van der Waals surface area contributed by atoms with E-state index in [0.29, 0.717) is 43.4 Å². The van der Waals surface area contributed by atoms with Crippen LogP contribution in [0.2, 0.25) is 0 Å². The van der Waals surface area contributed by atoms with Crippen molar-refractivity contribution in [2.24, 2.45) is 74.9 Å². The van der Waals surface area contributed by atoms with Gasteiger partial charge in [-0.25, -0.2) is 0 Å². The normalized spacial score (nSPS) is 58.6. The maximum Gasteiger partial charge on any atom is 0.174 e. The second-order valence-corrected chi connectivity index (χ2v) is 26.4. The first-order valence-corrected chi connectivity index (χ1v) is 25.9. The minimum atomic E-state index is -1.42. The van der Waals surface area contributed by atoms with Gasteiger partial charge in [0.25, 0.3) is 0 Å². The number of fused-ring (bicyclic) bond motifs is 16. The molecule has 0 radical (unpaired) electrons. The standard InChI is InChI=1S/C54H76N2O9/c1-26-45-40(63-52(26)14-12-46(3,4)65-52)19-32-30-11-10-28-16-35-37(23-48(28,6)31(30)20-41(58)50(32,45)8)56-36-17-29-18-39(57)44-33(49(29,7)24-38(36)55-35)21-42(59)51(9)34(44)22-43-54(51,61)27(2)53(64-43)15-13-47(5,60)25-62-53/h19,22,26-31,33,39-45,57-61H,10-18,20-21,23-25H2,1-9H3/t26-,27-,28+,29-,30-,31-,33+,39-,40-,41+,42+,43-,44-,45-,47-,48-,49+,50+,51-,52-,53-,54-/m0/s1. The smallest absolute Gasteiger partial charge is 0.174 e. The Morgan fingerprint density at radius 3 is 2.00 bits per heavy atom. The van der Waals surface area contributed by atoms with E-state index in [1.54, 1.807) is 6.92 Å². The molecule has 8 fully saturated rings. The summed E-state index contributed by atoms with van der Waals surface area (Å²) < 4.78 is 26.7. The van der Waals surface area contributed by atoms with E-state index in [2.05, 4.69) is 47.6 Å². The highest BCUT2D eigenvalue weighted by Crippen LogP contribution is 2.72. The van der Waals surface area contributed by atoms with Crippen molar-refractivity contribution in [2.45, 2.75) is 205 Å². The van der Waals surface area contributed by atoms with Gasteiger partial charge in [0.15, 0.2) is 11.6 Å². The average Bonchev–Trinajstić information content (AvgIpc) is 3.94. The van der Waals surface area contributed by atoms with Crippen molar-refractivity contribution in [3.05, 3.63) is 46.1 Å². The van der Waals surface area contributed by atoms with Crippen LogP contribution in [0.1, 0.15) is 143 Å². The number of aliphatic hydroxyl groups is 5. The second-order valence-electron chi connectivity index (χ2n) is 26.4. The van der Waals surface area contributed by atoms with Gasteiger partial charge < -0.3 is 44.5 Å². The Bertz CT molecular complexity index is 2300. The lowest BCUT2D eigenvalue weighted by Crippen LogP contribution is -2.66. The molecular weight excluding hydrogens is 821 g/mol. The van der Waals surface area contributed by atoms with Crippen LogP contribution in [0, 0.1) is 74.9 Å². The lowest BCUT2D eigenvalue weighted by molar-refractivity contribution is -0.289. The van der Waals surface area contributed by atoms with Crippen molar-refractivity contribution in [3.63, 3.8) is 0 Å². The quantitative estimate of drug-likeness (QED) is 0.185. The van der Waals surface area contributed by atoms with Gasteiger partial charge in [-0.1, -0.05) is 64.8 Å². The molecule has 11 heteroatoms. The highest BCUT2D eigenvalue weighted by Gasteiger charge is 2.77. The summed E-state index contributed by atoms with van der Waals surface area (Å²) in [7, 11) is 0. The van der Waals surface area contributed by atoms with E-state index >= 15 is 0 Å². The zero-order chi connectivity index (χ0) is 45.6. The van der Waals surface area contributed by atoms with Crippen LogP contribution in [0.4, 0.5) is 0 Å². The minimum absolute atomic E-state index is 0.00491. The van der Waals surface area contributed by atoms with Crippen molar-refractivity contribution >= 4 is 0 Å². The maximum absolute atomic E-state index is 12.9. The van der Waals surface area contributed by atoms with E-state index < -0.39 is 58.5 Å². The van der Waals surface area contributed by atoms with Gasteiger partial charge in [-0.3, -0.25) is 9.97 Å². The Kier molecular flexibility index (Phi) is 8.60. The van der Waals surface area contributed by atoms with E-state index in [0.717, 1.165) is 86.1 Å². The lowest BCUT2D eigenvalue weighted by atomic mass is 9.44. The number of nitrogens with zero attached hydrogens (tertiary/aromatic N) is 2. The molecule has 1 aromatic heterocycles. The van der Waals surface area contributed by atoms with Crippen molar-refractivity contribution in [2.75, 3.05) is 6.61 Å². The molecule has 356 valence electrons. The molecule has 4 aliphatic heterocycles. The third kappa shape index (κ3) is 5.15. The lowest BCUT2D eigenvalue weighted by Gasteiger charge is -2.62. The molecular formula is C54H76N2O9. The van der Waals surface area contributed by atoms with Crippen LogP contribution in [0.15, 0.2) is 23.3 Å². The van der Waals surface area contributed by atoms with E-state index in [1.807, 2.05) is 19.9 Å². The molecule has 11 nitrogen and oxygen atoms in total. The third-order valence-electron chi connectivity index (χ3n) is 23.1. The summed E-state index contributed by atoms with van der Waals surface area (Å²) in [6.07, 6.45) is 12.2. The van der Waals surface area contributed by atoms with E-state index in [4.69, 9.17) is 28.9 Å².